The quantitative estimate of drug-likeness (QED) is 0.177. The molecule has 0 amide bonds. The third-order valence-corrected chi connectivity index (χ3v) is 9.13. The lowest BCUT2D eigenvalue weighted by Crippen LogP contribution is -1.93. The molecule has 0 aliphatic carbocycles. The van der Waals surface area contributed by atoms with Gasteiger partial charge in [0, 0.05) is 22.0 Å². The van der Waals surface area contributed by atoms with Gasteiger partial charge in [0.25, 0.3) is 0 Å². The Balaban J connectivity index is 0.000000584. The van der Waals surface area contributed by atoms with Crippen molar-refractivity contribution in [2.75, 3.05) is 7.05 Å². The molecule has 0 spiro atoms. The molecule has 2 N–H and O–H groups in total. The third kappa shape index (κ3) is 10.1. The van der Waals surface area contributed by atoms with E-state index in [1.165, 1.54) is 56.7 Å². The number of hydrogen-bond donors (Lipinski definition) is 1. The summed E-state index contributed by atoms with van der Waals surface area (Å²) in [6, 6.07) is 58.3. The Morgan fingerprint density at radius 1 is 0.525 bits per heavy atom. The van der Waals surface area contributed by atoms with Crippen LogP contribution in [-0.2, 0) is 0 Å². The molecule has 4 nitrogen and oxygen atoms in total. The van der Waals surface area contributed by atoms with Gasteiger partial charge < -0.3 is 14.7 Å². The zero-order chi connectivity index (χ0) is 42.7. The van der Waals surface area contributed by atoms with Gasteiger partial charge in [-0.1, -0.05) is 135 Å². The van der Waals surface area contributed by atoms with Gasteiger partial charge in [-0.05, 0) is 121 Å². The fourth-order valence-electron chi connectivity index (χ4n) is 6.88. The summed E-state index contributed by atoms with van der Waals surface area (Å²) in [6.07, 6.45) is 3.50. The monoisotopic (exact) mass is 775 g/mol. The van der Waals surface area contributed by atoms with E-state index in [2.05, 4.69) is 195 Å². The van der Waals surface area contributed by atoms with E-state index in [9.17, 15) is 0 Å². The molecule has 9 rings (SSSR count). The van der Waals surface area contributed by atoms with Crippen LogP contribution in [0.15, 0.2) is 207 Å². The van der Waals surface area contributed by atoms with Crippen LogP contribution in [-0.4, -0.2) is 16.6 Å². The first-order valence-corrected chi connectivity index (χ1v) is 20.0. The molecular formula is C55H57N3O. The molecule has 0 radical (unpaired) electrons. The van der Waals surface area contributed by atoms with Gasteiger partial charge in [0.2, 0.25) is 5.89 Å². The van der Waals surface area contributed by atoms with Crippen LogP contribution in [0.3, 0.4) is 0 Å². The molecule has 0 unspecified atom stereocenters. The predicted molar refractivity (Wildman–Crippen MR) is 259 cm³/mol. The number of para-hydroxylation sites is 2. The highest BCUT2D eigenvalue weighted by Crippen LogP contribution is 2.41. The number of benzene rings is 7. The summed E-state index contributed by atoms with van der Waals surface area (Å²) < 4.78 is 8.47. The number of nitrogens with two attached hydrogens (primary N) is 1. The van der Waals surface area contributed by atoms with Crippen molar-refractivity contribution in [1.29, 1.82) is 0 Å². The van der Waals surface area contributed by atoms with Crippen molar-refractivity contribution in [3.8, 4) is 50.5 Å². The second-order valence-electron chi connectivity index (χ2n) is 12.9. The first kappa shape index (κ1) is 44.7. The van der Waals surface area contributed by atoms with E-state index in [-0.39, 0.29) is 0 Å². The Bertz CT molecular complexity index is 2690. The highest BCUT2D eigenvalue weighted by atomic mass is 16.3. The smallest absolute Gasteiger partial charge is 0.227 e. The summed E-state index contributed by atoms with van der Waals surface area (Å²) >= 11 is 0. The fourth-order valence-corrected chi connectivity index (χ4v) is 6.88. The largest absolute Gasteiger partial charge is 0.436 e. The molecule has 0 bridgehead atoms. The molecule has 0 saturated heterocycles. The molecule has 0 atom stereocenters. The van der Waals surface area contributed by atoms with Gasteiger partial charge in [0.1, 0.15) is 5.52 Å². The van der Waals surface area contributed by atoms with Crippen molar-refractivity contribution in [3.05, 3.63) is 208 Å². The highest BCUT2D eigenvalue weighted by molar-refractivity contribution is 6.11. The van der Waals surface area contributed by atoms with Gasteiger partial charge in [0.05, 0.1) is 11.0 Å². The minimum Gasteiger partial charge on any atom is -0.436 e. The zero-order valence-electron chi connectivity index (χ0n) is 35.5. The summed E-state index contributed by atoms with van der Waals surface area (Å²) in [5.74, 6) is 0.639. The van der Waals surface area contributed by atoms with Gasteiger partial charge in [-0.25, -0.2) is 4.98 Å². The maximum Gasteiger partial charge on any atom is 0.227 e. The minimum absolute atomic E-state index is 0.639. The van der Waals surface area contributed by atoms with Crippen molar-refractivity contribution >= 4 is 32.9 Å². The Labute approximate surface area is 351 Å². The summed E-state index contributed by atoms with van der Waals surface area (Å²) in [5.41, 5.74) is 19.0. The lowest BCUT2D eigenvalue weighted by molar-refractivity contribution is 0.619. The number of allylic oxidation sites excluding steroid dienone is 2. The molecule has 2 aromatic heterocycles. The van der Waals surface area contributed by atoms with E-state index in [1.54, 1.807) is 12.2 Å². The second-order valence-corrected chi connectivity index (χ2v) is 12.9. The summed E-state index contributed by atoms with van der Waals surface area (Å²) in [4.78, 5) is 4.73. The molecule has 9 aromatic rings. The third-order valence-electron chi connectivity index (χ3n) is 9.13. The van der Waals surface area contributed by atoms with E-state index >= 15 is 0 Å². The Morgan fingerprint density at radius 3 is 1.61 bits per heavy atom. The maximum atomic E-state index is 6.11. The molecule has 298 valence electrons. The maximum absolute atomic E-state index is 6.11. The molecule has 0 aliphatic heterocycles. The summed E-state index contributed by atoms with van der Waals surface area (Å²) in [6.45, 7) is 22.6. The number of nitrogens with zero attached hydrogens (tertiary/aromatic N) is 2. The van der Waals surface area contributed by atoms with Crippen LogP contribution >= 0.6 is 0 Å². The molecule has 0 aliphatic rings. The predicted octanol–water partition coefficient (Wildman–Crippen LogP) is 15.7. The van der Waals surface area contributed by atoms with Crippen LogP contribution in [0, 0.1) is 6.92 Å². The molecule has 2 heterocycles. The average Bonchev–Trinajstić information content (AvgIpc) is 3.88. The molecule has 7 aromatic carbocycles. The zero-order valence-corrected chi connectivity index (χ0v) is 35.5. The Morgan fingerprint density at radius 2 is 1.00 bits per heavy atom. The van der Waals surface area contributed by atoms with Crippen LogP contribution < -0.4 is 5.73 Å². The van der Waals surface area contributed by atoms with Crippen LogP contribution in [0.1, 0.15) is 33.3 Å². The van der Waals surface area contributed by atoms with Crippen molar-refractivity contribution in [3.63, 3.8) is 0 Å². The topological polar surface area (TPSA) is 57.0 Å². The first-order chi connectivity index (χ1) is 29.0. The number of aromatic nitrogens is 2. The van der Waals surface area contributed by atoms with Gasteiger partial charge in [-0.3, -0.25) is 0 Å². The van der Waals surface area contributed by atoms with E-state index in [1.807, 2.05) is 39.8 Å². The Hall–Kier alpha value is -7.01. The van der Waals surface area contributed by atoms with Crippen molar-refractivity contribution in [1.82, 2.24) is 9.55 Å². The number of hydrogen-bond acceptors (Lipinski definition) is 3. The standard InChI is InChI=1S/C44H30N2O.2C3H6.C2H6.C2H4.CH5N/c1-29-19-25-40-43(27-29)47-44(45-40)31-22-20-30(21-23-31)34-13-5-7-15-36(34)37-16-8-6-14-35(37)32-24-26-42-39(28-32)38-17-9-10-18-41(38)46(42)33-11-3-2-4-12-33;2*1-3-2;3*1-2/h2-28H,1H3;2*3H,1H2,2H3;1-2H3;1-2H2;2H2,1H3. The summed E-state index contributed by atoms with van der Waals surface area (Å²) in [7, 11) is 1.50. The van der Waals surface area contributed by atoms with Crippen LogP contribution in [0.4, 0.5) is 0 Å². The summed E-state index contributed by atoms with van der Waals surface area (Å²) in [5, 5.41) is 2.50. The van der Waals surface area contributed by atoms with Crippen molar-refractivity contribution in [2.45, 2.75) is 34.6 Å². The molecule has 0 fully saturated rings. The number of fused-ring (bicyclic) bond motifs is 4. The number of oxazole rings is 1. The van der Waals surface area contributed by atoms with Gasteiger partial charge in [0.15, 0.2) is 5.58 Å². The van der Waals surface area contributed by atoms with E-state index in [4.69, 9.17) is 9.40 Å². The molecular weight excluding hydrogens is 719 g/mol. The van der Waals surface area contributed by atoms with Crippen LogP contribution in [0.5, 0.6) is 0 Å². The molecule has 4 heteroatoms. The average molecular weight is 776 g/mol. The second kappa shape index (κ2) is 22.7. The first-order valence-electron chi connectivity index (χ1n) is 20.0. The lowest BCUT2D eigenvalue weighted by atomic mass is 9.89. The van der Waals surface area contributed by atoms with E-state index < -0.39 is 0 Å². The number of aryl methyl sites for hydroxylation is 1. The van der Waals surface area contributed by atoms with Gasteiger partial charge in [-0.15, -0.1) is 26.3 Å². The van der Waals surface area contributed by atoms with E-state index in [0.29, 0.717) is 5.89 Å². The van der Waals surface area contributed by atoms with Gasteiger partial charge >= 0.3 is 0 Å². The molecule has 59 heavy (non-hydrogen) atoms. The fraction of sp³-hybridized carbons (Fsp3) is 0.109. The normalized spacial score (nSPS) is 9.88. The van der Waals surface area contributed by atoms with Crippen molar-refractivity contribution < 1.29 is 4.42 Å². The Kier molecular flexibility index (Phi) is 17.2. The lowest BCUT2D eigenvalue weighted by Gasteiger charge is -2.15. The SMILES string of the molecule is C=C.C=CC.C=CC.CC.CN.Cc1ccc2nc(-c3ccc(-c4ccccc4-c4ccccc4-c4ccc5c(c4)c4ccccc4n5-c4ccccc4)cc3)oc2c1. The van der Waals surface area contributed by atoms with Gasteiger partial charge in [-0.2, -0.15) is 0 Å². The number of rotatable bonds is 5. The minimum atomic E-state index is 0.639. The van der Waals surface area contributed by atoms with Crippen molar-refractivity contribution in [2.24, 2.45) is 5.73 Å². The van der Waals surface area contributed by atoms with Crippen LogP contribution in [0.25, 0.3) is 83.4 Å². The highest BCUT2D eigenvalue weighted by Gasteiger charge is 2.17. The molecule has 0 saturated carbocycles. The van der Waals surface area contributed by atoms with E-state index in [0.717, 1.165) is 33.5 Å². The van der Waals surface area contributed by atoms with Crippen LogP contribution in [0.2, 0.25) is 0 Å².